The third kappa shape index (κ3) is 7.23. The number of anilines is 1. The Bertz CT molecular complexity index is 1090. The summed E-state index contributed by atoms with van der Waals surface area (Å²) in [5.41, 5.74) is 1.83. The molecule has 1 amide bonds. The zero-order chi connectivity index (χ0) is 23.2. The van der Waals surface area contributed by atoms with E-state index >= 15 is 0 Å². The summed E-state index contributed by atoms with van der Waals surface area (Å²) >= 11 is 15.5. The second kappa shape index (κ2) is 13.3. The fourth-order valence-electron chi connectivity index (χ4n) is 3.73. The number of carbonyl (C=O) groups is 1. The Morgan fingerprint density at radius 3 is 2.65 bits per heavy atom. The predicted octanol–water partition coefficient (Wildman–Crippen LogP) is 6.57. The Labute approximate surface area is 225 Å². The molecule has 0 N–H and O–H groups in total. The van der Waals surface area contributed by atoms with Crippen LogP contribution in [0.2, 0.25) is 10.0 Å². The van der Waals surface area contributed by atoms with Crippen LogP contribution in [0.1, 0.15) is 18.4 Å². The van der Waals surface area contributed by atoms with E-state index in [1.807, 2.05) is 48.2 Å². The Hall–Kier alpha value is -1.06. The van der Waals surface area contributed by atoms with Gasteiger partial charge in [0.05, 0.1) is 23.4 Å². The molecule has 184 valence electrons. The topological polar surface area (TPSA) is 45.7 Å². The number of thiazole rings is 1. The first-order chi connectivity index (χ1) is 16.0. The molecule has 0 aliphatic carbocycles. The molecular weight excluding hydrogens is 533 g/mol. The van der Waals surface area contributed by atoms with Crippen LogP contribution in [0.5, 0.6) is 0 Å². The van der Waals surface area contributed by atoms with Crippen LogP contribution in [0.4, 0.5) is 5.13 Å². The first-order valence-electron chi connectivity index (χ1n) is 11.1. The van der Waals surface area contributed by atoms with Gasteiger partial charge < -0.3 is 4.74 Å². The minimum atomic E-state index is 0. The van der Waals surface area contributed by atoms with Gasteiger partial charge in [-0.1, -0.05) is 34.5 Å². The van der Waals surface area contributed by atoms with Crippen LogP contribution >= 0.6 is 58.7 Å². The molecule has 1 aliphatic heterocycles. The smallest absolute Gasteiger partial charge is 0.229 e. The van der Waals surface area contributed by atoms with Gasteiger partial charge in [0.1, 0.15) is 0 Å². The van der Waals surface area contributed by atoms with Crippen molar-refractivity contribution in [2.24, 2.45) is 0 Å². The third-order valence-corrected chi connectivity index (χ3v) is 8.35. The Kier molecular flexibility index (Phi) is 10.8. The summed E-state index contributed by atoms with van der Waals surface area (Å²) in [6.45, 7) is 7.03. The maximum absolute atomic E-state index is 13.3. The van der Waals surface area contributed by atoms with Crippen molar-refractivity contribution in [2.75, 3.05) is 50.0 Å². The molecule has 0 spiro atoms. The quantitative estimate of drug-likeness (QED) is 0.277. The zero-order valence-corrected chi connectivity index (χ0v) is 22.9. The largest absolute Gasteiger partial charge is 0.379 e. The fourth-order valence-corrected chi connectivity index (χ4v) is 5.92. The molecule has 0 bridgehead atoms. The van der Waals surface area contributed by atoms with Crippen molar-refractivity contribution in [2.45, 2.75) is 24.7 Å². The number of hydrogen-bond donors (Lipinski definition) is 0. The minimum Gasteiger partial charge on any atom is -0.379 e. The van der Waals surface area contributed by atoms with E-state index in [1.165, 1.54) is 0 Å². The number of nitrogens with zero attached hydrogens (tertiary/aromatic N) is 3. The second-order valence-electron chi connectivity index (χ2n) is 7.92. The first-order valence-corrected chi connectivity index (χ1v) is 13.6. The molecule has 1 aliphatic rings. The molecule has 1 fully saturated rings. The van der Waals surface area contributed by atoms with Crippen molar-refractivity contribution >= 4 is 80.0 Å². The molecule has 34 heavy (non-hydrogen) atoms. The lowest BCUT2D eigenvalue weighted by molar-refractivity contribution is -0.118. The lowest BCUT2D eigenvalue weighted by atomic mass is 10.2. The number of rotatable bonds is 9. The molecule has 2 aromatic carbocycles. The third-order valence-electron chi connectivity index (χ3n) is 5.63. The maximum Gasteiger partial charge on any atom is 0.229 e. The molecule has 0 unspecified atom stereocenters. The number of fused-ring (bicyclic) bond motifs is 1. The lowest BCUT2D eigenvalue weighted by Crippen LogP contribution is -2.39. The van der Waals surface area contributed by atoms with Crippen molar-refractivity contribution in [1.82, 2.24) is 9.88 Å². The molecule has 0 atom stereocenters. The highest BCUT2D eigenvalue weighted by Gasteiger charge is 2.21. The number of benzene rings is 2. The number of carbonyl (C=O) groups excluding carboxylic acids is 1. The highest BCUT2D eigenvalue weighted by atomic mass is 35.5. The van der Waals surface area contributed by atoms with E-state index in [0.717, 1.165) is 65.1 Å². The summed E-state index contributed by atoms with van der Waals surface area (Å²) < 4.78 is 6.49. The van der Waals surface area contributed by atoms with Gasteiger partial charge >= 0.3 is 0 Å². The van der Waals surface area contributed by atoms with Gasteiger partial charge in [-0.25, -0.2) is 4.98 Å². The monoisotopic (exact) mass is 559 g/mol. The first kappa shape index (κ1) is 27.5. The maximum atomic E-state index is 13.3. The van der Waals surface area contributed by atoms with Crippen LogP contribution in [0.3, 0.4) is 0 Å². The summed E-state index contributed by atoms with van der Waals surface area (Å²) in [5, 5.41) is 2.16. The fraction of sp³-hybridized carbons (Fsp3) is 0.417. The van der Waals surface area contributed by atoms with Gasteiger partial charge in [-0.15, -0.1) is 24.2 Å². The van der Waals surface area contributed by atoms with E-state index in [4.69, 9.17) is 32.9 Å². The van der Waals surface area contributed by atoms with E-state index in [-0.39, 0.29) is 18.3 Å². The molecule has 2 heterocycles. The molecule has 1 aromatic heterocycles. The van der Waals surface area contributed by atoms with Gasteiger partial charge in [0.25, 0.3) is 0 Å². The summed E-state index contributed by atoms with van der Waals surface area (Å²) in [5.74, 6) is 0.803. The van der Waals surface area contributed by atoms with E-state index in [2.05, 4.69) is 4.90 Å². The molecule has 4 rings (SSSR count). The van der Waals surface area contributed by atoms with Gasteiger partial charge in [-0.05, 0) is 55.3 Å². The summed E-state index contributed by atoms with van der Waals surface area (Å²) in [6.07, 6.45) is 1.34. The van der Waals surface area contributed by atoms with E-state index < -0.39 is 0 Å². The summed E-state index contributed by atoms with van der Waals surface area (Å²) in [6, 6.07) is 11.6. The van der Waals surface area contributed by atoms with E-state index in [0.29, 0.717) is 28.8 Å². The van der Waals surface area contributed by atoms with Crippen molar-refractivity contribution in [3.8, 4) is 0 Å². The Morgan fingerprint density at radius 1 is 1.18 bits per heavy atom. The van der Waals surface area contributed by atoms with Crippen LogP contribution in [-0.4, -0.2) is 60.9 Å². The van der Waals surface area contributed by atoms with Crippen molar-refractivity contribution in [3.05, 3.63) is 52.0 Å². The van der Waals surface area contributed by atoms with Crippen LogP contribution in [0, 0.1) is 6.92 Å². The number of morpholine rings is 1. The molecule has 0 radical (unpaired) electrons. The molecule has 3 aromatic rings. The van der Waals surface area contributed by atoms with E-state index in [1.54, 1.807) is 23.1 Å². The molecule has 10 heteroatoms. The average Bonchev–Trinajstić information content (AvgIpc) is 3.26. The van der Waals surface area contributed by atoms with Gasteiger partial charge in [0.15, 0.2) is 5.13 Å². The Balaban J connectivity index is 0.00000324. The van der Waals surface area contributed by atoms with Gasteiger partial charge in [-0.3, -0.25) is 14.6 Å². The zero-order valence-electron chi connectivity index (χ0n) is 19.0. The summed E-state index contributed by atoms with van der Waals surface area (Å²) in [7, 11) is 0. The number of amides is 1. The van der Waals surface area contributed by atoms with Crippen molar-refractivity contribution in [1.29, 1.82) is 0 Å². The SMILES string of the molecule is Cc1c(Cl)ccc2sc(N(CCCN3CCOCC3)C(=O)CCSc3ccc(Cl)cc3)nc12.Cl. The Morgan fingerprint density at radius 2 is 1.91 bits per heavy atom. The number of halogens is 3. The average molecular weight is 561 g/mol. The number of thioether (sulfide) groups is 1. The lowest BCUT2D eigenvalue weighted by Gasteiger charge is -2.27. The number of aromatic nitrogens is 1. The number of ether oxygens (including phenoxy) is 1. The highest BCUT2D eigenvalue weighted by Crippen LogP contribution is 2.34. The normalized spacial score (nSPS) is 14.2. The van der Waals surface area contributed by atoms with Crippen LogP contribution in [0.15, 0.2) is 41.3 Å². The minimum absolute atomic E-state index is 0. The summed E-state index contributed by atoms with van der Waals surface area (Å²) in [4.78, 5) is 23.5. The van der Waals surface area contributed by atoms with E-state index in [9.17, 15) is 4.79 Å². The van der Waals surface area contributed by atoms with Crippen molar-refractivity contribution < 1.29 is 9.53 Å². The highest BCUT2D eigenvalue weighted by molar-refractivity contribution is 7.99. The predicted molar refractivity (Wildman–Crippen MR) is 148 cm³/mol. The van der Waals surface area contributed by atoms with Crippen LogP contribution < -0.4 is 4.90 Å². The van der Waals surface area contributed by atoms with Crippen LogP contribution in [-0.2, 0) is 9.53 Å². The second-order valence-corrected chi connectivity index (χ2v) is 10.9. The standard InChI is InChI=1S/C24H27Cl2N3O2S2.ClH/c1-17-20(26)7-8-21-23(17)27-24(33-21)29(11-2-10-28-12-14-31-15-13-28)22(30)9-16-32-19-5-3-18(25)4-6-19;/h3-8H,2,9-16H2,1H3;1H. The molecular formula is C24H28Cl3N3O2S2. The van der Waals surface area contributed by atoms with Gasteiger partial charge in [0, 0.05) is 53.3 Å². The van der Waals surface area contributed by atoms with Gasteiger partial charge in [-0.2, -0.15) is 0 Å². The number of hydrogen-bond acceptors (Lipinski definition) is 6. The molecule has 1 saturated heterocycles. The van der Waals surface area contributed by atoms with Crippen molar-refractivity contribution in [3.63, 3.8) is 0 Å². The molecule has 0 saturated carbocycles. The van der Waals surface area contributed by atoms with Gasteiger partial charge in [0.2, 0.25) is 5.91 Å². The molecule has 5 nitrogen and oxygen atoms in total. The number of aryl methyl sites for hydroxylation is 1. The van der Waals surface area contributed by atoms with Crippen LogP contribution in [0.25, 0.3) is 10.2 Å².